The van der Waals surface area contributed by atoms with Crippen molar-refractivity contribution in [3.8, 4) is 5.75 Å². The fraction of sp³-hybridized carbons (Fsp3) is 0.538. The van der Waals surface area contributed by atoms with Crippen LogP contribution in [0.2, 0.25) is 0 Å². The molecule has 3 heteroatoms. The van der Waals surface area contributed by atoms with E-state index in [0.717, 1.165) is 18.7 Å². The lowest BCUT2D eigenvalue weighted by Gasteiger charge is -2.15. The van der Waals surface area contributed by atoms with Crippen LogP contribution < -0.4 is 15.4 Å². The molecule has 0 saturated heterocycles. The fourth-order valence-corrected chi connectivity index (χ4v) is 2.62. The van der Waals surface area contributed by atoms with Crippen LogP contribution in [0.3, 0.4) is 0 Å². The molecule has 1 aliphatic heterocycles. The van der Waals surface area contributed by atoms with Gasteiger partial charge < -0.3 is 15.4 Å². The maximum Gasteiger partial charge on any atom is 0.124 e. The summed E-state index contributed by atoms with van der Waals surface area (Å²) in [4.78, 5) is 2.28. The zero-order chi connectivity index (χ0) is 11.7. The van der Waals surface area contributed by atoms with E-state index in [1.807, 2.05) is 12.1 Å². The van der Waals surface area contributed by atoms with Crippen molar-refractivity contribution in [1.29, 1.82) is 0 Å². The van der Waals surface area contributed by atoms with Crippen molar-refractivity contribution in [1.82, 2.24) is 0 Å². The van der Waals surface area contributed by atoms with Gasteiger partial charge in [0.25, 0.3) is 0 Å². The summed E-state index contributed by atoms with van der Waals surface area (Å²) in [5, 5.41) is 0. The third kappa shape index (κ3) is 1.87. The van der Waals surface area contributed by atoms with Crippen molar-refractivity contribution in [2.45, 2.75) is 25.3 Å². The minimum Gasteiger partial charge on any atom is -0.496 e. The molecule has 2 unspecified atom stereocenters. The summed E-state index contributed by atoms with van der Waals surface area (Å²) in [5.41, 5.74) is 8.51. The number of nitrogens with two attached hydrogens (primary N) is 1. The molecule has 0 radical (unpaired) electrons. The average Bonchev–Trinajstić information content (AvgIpc) is 2.55. The molecular formula is C13H20N2O. The van der Waals surface area contributed by atoms with E-state index in [9.17, 15) is 0 Å². The van der Waals surface area contributed by atoms with Gasteiger partial charge in [-0.05, 0) is 25.5 Å². The number of nitrogens with zero attached hydrogens (tertiary/aromatic N) is 1. The number of anilines is 1. The SMILES string of the molecule is COc1cccc2c1C(CC(C)N)CN2C. The highest BCUT2D eigenvalue weighted by atomic mass is 16.5. The first kappa shape index (κ1) is 11.3. The second-order valence-electron chi connectivity index (χ2n) is 4.68. The van der Waals surface area contributed by atoms with Gasteiger partial charge in [0.2, 0.25) is 0 Å². The second kappa shape index (κ2) is 4.34. The van der Waals surface area contributed by atoms with Crippen LogP contribution >= 0.6 is 0 Å². The largest absolute Gasteiger partial charge is 0.496 e. The van der Waals surface area contributed by atoms with Crippen molar-refractivity contribution in [3.63, 3.8) is 0 Å². The molecule has 0 spiro atoms. The van der Waals surface area contributed by atoms with E-state index in [1.165, 1.54) is 11.3 Å². The van der Waals surface area contributed by atoms with Gasteiger partial charge in [-0.3, -0.25) is 0 Å². The Labute approximate surface area is 97.2 Å². The number of benzene rings is 1. The second-order valence-corrected chi connectivity index (χ2v) is 4.68. The predicted octanol–water partition coefficient (Wildman–Crippen LogP) is 1.97. The maximum atomic E-state index is 5.91. The molecule has 2 N–H and O–H groups in total. The minimum atomic E-state index is 0.231. The van der Waals surface area contributed by atoms with Gasteiger partial charge in [-0.15, -0.1) is 0 Å². The van der Waals surface area contributed by atoms with Gasteiger partial charge in [0.15, 0.2) is 0 Å². The van der Waals surface area contributed by atoms with E-state index >= 15 is 0 Å². The van der Waals surface area contributed by atoms with Crippen LogP contribution in [0.15, 0.2) is 18.2 Å². The molecule has 0 amide bonds. The zero-order valence-corrected chi connectivity index (χ0v) is 10.2. The molecule has 2 atom stereocenters. The summed E-state index contributed by atoms with van der Waals surface area (Å²) in [5.74, 6) is 1.49. The molecule has 1 aromatic carbocycles. The Hall–Kier alpha value is -1.22. The van der Waals surface area contributed by atoms with Crippen molar-refractivity contribution >= 4 is 5.69 Å². The van der Waals surface area contributed by atoms with E-state index in [0.29, 0.717) is 5.92 Å². The van der Waals surface area contributed by atoms with Crippen LogP contribution in [0.5, 0.6) is 5.75 Å². The summed E-state index contributed by atoms with van der Waals surface area (Å²) in [6.45, 7) is 3.10. The highest BCUT2D eigenvalue weighted by Crippen LogP contribution is 2.43. The number of fused-ring (bicyclic) bond motifs is 1. The summed E-state index contributed by atoms with van der Waals surface area (Å²) >= 11 is 0. The van der Waals surface area contributed by atoms with E-state index in [4.69, 9.17) is 10.5 Å². The van der Waals surface area contributed by atoms with Gasteiger partial charge >= 0.3 is 0 Å². The standard InChI is InChI=1S/C13H20N2O/c1-9(14)7-10-8-15(2)11-5-4-6-12(16-3)13(10)11/h4-6,9-10H,7-8,14H2,1-3H3. The smallest absolute Gasteiger partial charge is 0.124 e. The summed E-state index contributed by atoms with van der Waals surface area (Å²) in [7, 11) is 3.86. The molecule has 0 saturated carbocycles. The highest BCUT2D eigenvalue weighted by Gasteiger charge is 2.29. The Bertz CT molecular complexity index is 374. The quantitative estimate of drug-likeness (QED) is 0.846. The first-order valence-electron chi connectivity index (χ1n) is 5.77. The van der Waals surface area contributed by atoms with Crippen molar-refractivity contribution < 1.29 is 4.74 Å². The Balaban J connectivity index is 2.38. The lowest BCUT2D eigenvalue weighted by Crippen LogP contribution is -2.22. The first-order chi connectivity index (χ1) is 7.63. The van der Waals surface area contributed by atoms with Crippen LogP contribution in [0.4, 0.5) is 5.69 Å². The van der Waals surface area contributed by atoms with Gasteiger partial charge in [0, 0.05) is 36.8 Å². The molecule has 1 aromatic rings. The number of likely N-dealkylation sites (N-methyl/N-ethyl adjacent to an activating group) is 1. The molecule has 1 aliphatic rings. The van der Waals surface area contributed by atoms with Crippen molar-refractivity contribution in [3.05, 3.63) is 23.8 Å². The van der Waals surface area contributed by atoms with Crippen molar-refractivity contribution in [2.24, 2.45) is 5.73 Å². The molecule has 1 heterocycles. The van der Waals surface area contributed by atoms with E-state index in [-0.39, 0.29) is 6.04 Å². The Morgan fingerprint density at radius 2 is 2.31 bits per heavy atom. The van der Waals surface area contributed by atoms with Crippen LogP contribution in [0, 0.1) is 0 Å². The first-order valence-corrected chi connectivity index (χ1v) is 5.77. The third-order valence-corrected chi connectivity index (χ3v) is 3.23. The van der Waals surface area contributed by atoms with Gasteiger partial charge in [0.1, 0.15) is 5.75 Å². The van der Waals surface area contributed by atoms with Crippen molar-refractivity contribution in [2.75, 3.05) is 25.6 Å². The monoisotopic (exact) mass is 220 g/mol. The van der Waals surface area contributed by atoms with Crippen LogP contribution in [-0.4, -0.2) is 26.7 Å². The molecule has 0 bridgehead atoms. The highest BCUT2D eigenvalue weighted by molar-refractivity contribution is 5.65. The predicted molar refractivity (Wildman–Crippen MR) is 67.3 cm³/mol. The molecule has 0 fully saturated rings. The number of methoxy groups -OCH3 is 1. The Morgan fingerprint density at radius 3 is 2.94 bits per heavy atom. The van der Waals surface area contributed by atoms with Gasteiger partial charge in [-0.2, -0.15) is 0 Å². The minimum absolute atomic E-state index is 0.231. The van der Waals surface area contributed by atoms with E-state index in [2.05, 4.69) is 24.9 Å². The van der Waals surface area contributed by atoms with Crippen LogP contribution in [-0.2, 0) is 0 Å². The summed E-state index contributed by atoms with van der Waals surface area (Å²) < 4.78 is 5.45. The van der Waals surface area contributed by atoms with Crippen LogP contribution in [0.25, 0.3) is 0 Å². The summed E-state index contributed by atoms with van der Waals surface area (Å²) in [6.07, 6.45) is 1.01. The lowest BCUT2D eigenvalue weighted by atomic mass is 9.94. The molecular weight excluding hydrogens is 200 g/mol. The topological polar surface area (TPSA) is 38.5 Å². The van der Waals surface area contributed by atoms with E-state index < -0.39 is 0 Å². The molecule has 0 aliphatic carbocycles. The number of ether oxygens (including phenoxy) is 1. The van der Waals surface area contributed by atoms with Gasteiger partial charge in [-0.1, -0.05) is 6.07 Å². The number of rotatable bonds is 3. The maximum absolute atomic E-state index is 5.91. The molecule has 88 valence electrons. The third-order valence-electron chi connectivity index (χ3n) is 3.23. The summed E-state index contributed by atoms with van der Waals surface area (Å²) in [6, 6.07) is 6.46. The lowest BCUT2D eigenvalue weighted by molar-refractivity contribution is 0.405. The number of hydrogen-bond donors (Lipinski definition) is 1. The molecule has 2 rings (SSSR count). The fourth-order valence-electron chi connectivity index (χ4n) is 2.62. The van der Waals surface area contributed by atoms with Gasteiger partial charge in [-0.25, -0.2) is 0 Å². The Morgan fingerprint density at radius 1 is 1.56 bits per heavy atom. The van der Waals surface area contributed by atoms with Gasteiger partial charge in [0.05, 0.1) is 7.11 Å². The zero-order valence-electron chi connectivity index (χ0n) is 10.2. The number of hydrogen-bond acceptors (Lipinski definition) is 3. The molecule has 16 heavy (non-hydrogen) atoms. The van der Waals surface area contributed by atoms with E-state index in [1.54, 1.807) is 7.11 Å². The normalized spacial score (nSPS) is 20.8. The average molecular weight is 220 g/mol. The molecule has 3 nitrogen and oxygen atoms in total. The van der Waals surface area contributed by atoms with Crippen LogP contribution in [0.1, 0.15) is 24.8 Å². The Kier molecular flexibility index (Phi) is 3.06. The molecule has 0 aromatic heterocycles.